The topological polar surface area (TPSA) is 64.0 Å². The van der Waals surface area contributed by atoms with Crippen LogP contribution in [0.3, 0.4) is 0 Å². The summed E-state index contributed by atoms with van der Waals surface area (Å²) < 4.78 is 24.8. The van der Waals surface area contributed by atoms with E-state index in [1.807, 2.05) is 48.0 Å². The van der Waals surface area contributed by atoms with Crippen LogP contribution in [-0.4, -0.2) is 29.0 Å². The first kappa shape index (κ1) is 15.6. The number of hydrogen-bond acceptors (Lipinski definition) is 4. The second-order valence-electron chi connectivity index (χ2n) is 5.86. The standard InChI is InChI=1S/C15H21N3O2S/c1-12-10-18(11-15(2,3)21(4,19)20)14(16-12)17-13-8-6-5-7-9-13/h5-10H,11H2,1-4H3,(H,16,17). The lowest BCUT2D eigenvalue weighted by molar-refractivity contribution is 0.505. The second-order valence-corrected chi connectivity index (χ2v) is 8.51. The third-order valence-electron chi connectivity index (χ3n) is 3.48. The number of benzene rings is 1. The molecule has 0 radical (unpaired) electrons. The van der Waals surface area contributed by atoms with Gasteiger partial charge < -0.3 is 9.88 Å². The predicted molar refractivity (Wildman–Crippen MR) is 85.6 cm³/mol. The van der Waals surface area contributed by atoms with Crippen LogP contribution in [-0.2, 0) is 16.4 Å². The number of nitrogens with one attached hydrogen (secondary N) is 1. The van der Waals surface area contributed by atoms with E-state index in [9.17, 15) is 8.42 Å². The van der Waals surface area contributed by atoms with Crippen molar-refractivity contribution in [2.24, 2.45) is 0 Å². The maximum absolute atomic E-state index is 11.9. The molecular weight excluding hydrogens is 286 g/mol. The molecule has 1 aromatic heterocycles. The summed E-state index contributed by atoms with van der Waals surface area (Å²) in [5, 5.41) is 3.22. The molecule has 1 heterocycles. The predicted octanol–water partition coefficient (Wildman–Crippen LogP) is 2.76. The summed E-state index contributed by atoms with van der Waals surface area (Å²) in [5.41, 5.74) is 1.76. The Hall–Kier alpha value is -1.82. The molecule has 0 bridgehead atoms. The molecule has 0 atom stereocenters. The normalized spacial score (nSPS) is 12.4. The van der Waals surface area contributed by atoms with E-state index in [2.05, 4.69) is 10.3 Å². The van der Waals surface area contributed by atoms with Gasteiger partial charge in [0, 0.05) is 24.7 Å². The van der Waals surface area contributed by atoms with Crippen molar-refractivity contribution in [3.05, 3.63) is 42.2 Å². The highest BCUT2D eigenvalue weighted by atomic mass is 32.2. The third kappa shape index (κ3) is 3.64. The Morgan fingerprint density at radius 1 is 1.24 bits per heavy atom. The molecule has 2 rings (SSSR count). The molecule has 0 amide bonds. The van der Waals surface area contributed by atoms with Gasteiger partial charge in [-0.05, 0) is 32.9 Å². The van der Waals surface area contributed by atoms with E-state index in [4.69, 9.17) is 0 Å². The van der Waals surface area contributed by atoms with E-state index in [0.29, 0.717) is 12.5 Å². The van der Waals surface area contributed by atoms with Crippen LogP contribution in [0.5, 0.6) is 0 Å². The van der Waals surface area contributed by atoms with Crippen LogP contribution in [0.25, 0.3) is 0 Å². The summed E-state index contributed by atoms with van der Waals surface area (Å²) >= 11 is 0. The van der Waals surface area contributed by atoms with Crippen molar-refractivity contribution in [1.29, 1.82) is 0 Å². The summed E-state index contributed by atoms with van der Waals surface area (Å²) in [6, 6.07) is 9.69. The summed E-state index contributed by atoms with van der Waals surface area (Å²) in [7, 11) is -3.16. The molecule has 0 spiro atoms. The molecule has 0 unspecified atom stereocenters. The number of rotatable bonds is 5. The van der Waals surface area contributed by atoms with Crippen LogP contribution in [0.15, 0.2) is 36.5 Å². The Kier molecular flexibility index (Phi) is 4.09. The zero-order valence-electron chi connectivity index (χ0n) is 12.8. The smallest absolute Gasteiger partial charge is 0.207 e. The van der Waals surface area contributed by atoms with E-state index in [1.54, 1.807) is 13.8 Å². The fourth-order valence-corrected chi connectivity index (χ4v) is 2.32. The van der Waals surface area contributed by atoms with E-state index in [1.165, 1.54) is 6.26 Å². The molecule has 0 saturated heterocycles. The van der Waals surface area contributed by atoms with Gasteiger partial charge in [0.05, 0.1) is 10.4 Å². The summed E-state index contributed by atoms with van der Waals surface area (Å²) in [4.78, 5) is 4.43. The van der Waals surface area contributed by atoms with Crippen LogP contribution in [0.1, 0.15) is 19.5 Å². The van der Waals surface area contributed by atoms with Gasteiger partial charge in [-0.15, -0.1) is 0 Å². The lowest BCUT2D eigenvalue weighted by atomic mass is 10.2. The molecule has 1 aromatic carbocycles. The van der Waals surface area contributed by atoms with Gasteiger partial charge in [-0.1, -0.05) is 18.2 Å². The van der Waals surface area contributed by atoms with Crippen molar-refractivity contribution in [2.75, 3.05) is 11.6 Å². The lowest BCUT2D eigenvalue weighted by Gasteiger charge is -2.24. The fraction of sp³-hybridized carbons (Fsp3) is 0.400. The maximum Gasteiger partial charge on any atom is 0.207 e. The molecule has 1 N–H and O–H groups in total. The van der Waals surface area contributed by atoms with E-state index >= 15 is 0 Å². The first-order chi connectivity index (χ1) is 9.69. The number of aryl methyl sites for hydroxylation is 1. The molecule has 0 aliphatic carbocycles. The number of para-hydroxylation sites is 1. The summed E-state index contributed by atoms with van der Waals surface area (Å²) in [6.45, 7) is 5.69. The average Bonchev–Trinajstić information content (AvgIpc) is 2.68. The fourth-order valence-electron chi connectivity index (χ4n) is 1.95. The number of nitrogens with zero attached hydrogens (tertiary/aromatic N) is 2. The van der Waals surface area contributed by atoms with Gasteiger partial charge in [-0.25, -0.2) is 13.4 Å². The molecule has 2 aromatic rings. The van der Waals surface area contributed by atoms with Crippen molar-refractivity contribution < 1.29 is 8.42 Å². The highest BCUT2D eigenvalue weighted by Gasteiger charge is 2.31. The van der Waals surface area contributed by atoms with Gasteiger partial charge in [0.1, 0.15) is 0 Å². The van der Waals surface area contributed by atoms with Gasteiger partial charge in [0.2, 0.25) is 5.95 Å². The van der Waals surface area contributed by atoms with Crippen LogP contribution >= 0.6 is 0 Å². The minimum atomic E-state index is -3.16. The number of hydrogen-bond donors (Lipinski definition) is 1. The minimum absolute atomic E-state index is 0.349. The SMILES string of the molecule is Cc1cn(CC(C)(C)S(C)(=O)=O)c(Nc2ccccc2)n1. The van der Waals surface area contributed by atoms with Crippen molar-refractivity contribution in [2.45, 2.75) is 32.1 Å². The molecule has 0 aliphatic heterocycles. The first-order valence-electron chi connectivity index (χ1n) is 6.74. The van der Waals surface area contributed by atoms with E-state index < -0.39 is 14.6 Å². The van der Waals surface area contributed by atoms with Crippen LogP contribution in [0, 0.1) is 6.92 Å². The first-order valence-corrected chi connectivity index (χ1v) is 8.64. The zero-order chi connectivity index (χ0) is 15.7. The molecule has 0 fully saturated rings. The molecular formula is C15H21N3O2S. The summed E-state index contributed by atoms with van der Waals surface area (Å²) in [5.74, 6) is 0.649. The van der Waals surface area contributed by atoms with Crippen LogP contribution in [0.2, 0.25) is 0 Å². The number of aromatic nitrogens is 2. The molecule has 114 valence electrons. The lowest BCUT2D eigenvalue weighted by Crippen LogP contribution is -2.35. The van der Waals surface area contributed by atoms with Crippen LogP contribution < -0.4 is 5.32 Å². The number of imidazole rings is 1. The number of sulfone groups is 1. The average molecular weight is 307 g/mol. The molecule has 0 saturated carbocycles. The third-order valence-corrected chi connectivity index (χ3v) is 5.62. The quantitative estimate of drug-likeness (QED) is 0.922. The zero-order valence-corrected chi connectivity index (χ0v) is 13.6. The van der Waals surface area contributed by atoms with Gasteiger partial charge in [0.15, 0.2) is 9.84 Å². The van der Waals surface area contributed by atoms with Crippen molar-refractivity contribution in [3.63, 3.8) is 0 Å². The Balaban J connectivity index is 2.30. The largest absolute Gasteiger partial charge is 0.326 e. The number of anilines is 2. The summed E-state index contributed by atoms with van der Waals surface area (Å²) in [6.07, 6.45) is 3.12. The highest BCUT2D eigenvalue weighted by Crippen LogP contribution is 2.22. The monoisotopic (exact) mass is 307 g/mol. The van der Waals surface area contributed by atoms with Gasteiger partial charge in [-0.3, -0.25) is 0 Å². The Bertz CT molecular complexity index is 719. The maximum atomic E-state index is 11.9. The molecule has 5 nitrogen and oxygen atoms in total. The van der Waals surface area contributed by atoms with Gasteiger partial charge >= 0.3 is 0 Å². The Morgan fingerprint density at radius 3 is 2.43 bits per heavy atom. The van der Waals surface area contributed by atoms with Gasteiger partial charge in [-0.2, -0.15) is 0 Å². The second kappa shape index (κ2) is 5.52. The molecule has 21 heavy (non-hydrogen) atoms. The van der Waals surface area contributed by atoms with Crippen molar-refractivity contribution >= 4 is 21.5 Å². The van der Waals surface area contributed by atoms with Crippen molar-refractivity contribution in [1.82, 2.24) is 9.55 Å². The van der Waals surface area contributed by atoms with E-state index in [-0.39, 0.29) is 0 Å². The molecule has 0 aliphatic rings. The van der Waals surface area contributed by atoms with Crippen LogP contribution in [0.4, 0.5) is 11.6 Å². The van der Waals surface area contributed by atoms with Gasteiger partial charge in [0.25, 0.3) is 0 Å². The van der Waals surface area contributed by atoms with E-state index in [0.717, 1.165) is 11.4 Å². The molecule has 6 heteroatoms. The Morgan fingerprint density at radius 2 is 1.86 bits per heavy atom. The van der Waals surface area contributed by atoms with Crippen molar-refractivity contribution in [3.8, 4) is 0 Å². The minimum Gasteiger partial charge on any atom is -0.326 e. The Labute approximate surface area is 125 Å². The highest BCUT2D eigenvalue weighted by molar-refractivity contribution is 7.92.